The smallest absolute Gasteiger partial charge is 0.241 e. The number of carbonyl (C=O) groups is 2. The number of phenols is 1. The number of hydrogen-bond acceptors (Lipinski definition) is 3. The Labute approximate surface area is 126 Å². The van der Waals surface area contributed by atoms with Crippen LogP contribution in [0.25, 0.3) is 0 Å². The maximum Gasteiger partial charge on any atom is 0.241 e. The zero-order valence-electron chi connectivity index (χ0n) is 11.0. The highest BCUT2D eigenvalue weighted by atomic mass is 35.5. The molecule has 0 spiro atoms. The van der Waals surface area contributed by atoms with Crippen molar-refractivity contribution in [2.75, 3.05) is 4.90 Å². The van der Waals surface area contributed by atoms with Crippen LogP contribution in [0, 0.1) is 0 Å². The van der Waals surface area contributed by atoms with Gasteiger partial charge in [0.1, 0.15) is 5.75 Å². The minimum absolute atomic E-state index is 0.0116. The molecule has 1 unspecified atom stereocenters. The van der Waals surface area contributed by atoms with Gasteiger partial charge in [-0.3, -0.25) is 9.59 Å². The standard InChI is InChI=1S/C16H12ClNO3/c17-13-8-11(19)6-7-14(13)18-15(20)9-12(16(18)21)10-4-2-1-3-5-10/h1-8,12,19H,9H2. The van der Waals surface area contributed by atoms with Crippen molar-refractivity contribution in [3.63, 3.8) is 0 Å². The van der Waals surface area contributed by atoms with Crippen molar-refractivity contribution in [1.29, 1.82) is 0 Å². The minimum Gasteiger partial charge on any atom is -0.508 e. The van der Waals surface area contributed by atoms with Gasteiger partial charge in [-0.1, -0.05) is 41.9 Å². The van der Waals surface area contributed by atoms with Crippen molar-refractivity contribution < 1.29 is 14.7 Å². The molecule has 1 aliphatic rings. The monoisotopic (exact) mass is 301 g/mol. The van der Waals surface area contributed by atoms with E-state index in [9.17, 15) is 14.7 Å². The highest BCUT2D eigenvalue weighted by Crippen LogP contribution is 2.37. The summed E-state index contributed by atoms with van der Waals surface area (Å²) in [6.45, 7) is 0. The van der Waals surface area contributed by atoms with E-state index < -0.39 is 5.92 Å². The fraction of sp³-hybridized carbons (Fsp3) is 0.125. The van der Waals surface area contributed by atoms with Crippen LogP contribution in [0.5, 0.6) is 5.75 Å². The molecule has 2 aromatic carbocycles. The number of benzene rings is 2. The van der Waals surface area contributed by atoms with Crippen molar-refractivity contribution in [2.24, 2.45) is 0 Å². The Bertz CT molecular complexity index is 715. The van der Waals surface area contributed by atoms with Gasteiger partial charge >= 0.3 is 0 Å². The summed E-state index contributed by atoms with van der Waals surface area (Å²) in [5.41, 5.74) is 1.12. The summed E-state index contributed by atoms with van der Waals surface area (Å²) < 4.78 is 0. The molecular formula is C16H12ClNO3. The largest absolute Gasteiger partial charge is 0.508 e. The maximum atomic E-state index is 12.5. The Hall–Kier alpha value is -2.33. The lowest BCUT2D eigenvalue weighted by Gasteiger charge is -2.16. The van der Waals surface area contributed by atoms with E-state index in [4.69, 9.17) is 11.6 Å². The molecule has 21 heavy (non-hydrogen) atoms. The quantitative estimate of drug-likeness (QED) is 0.867. The fourth-order valence-electron chi connectivity index (χ4n) is 2.51. The number of phenolic OH excluding ortho intramolecular Hbond substituents is 1. The van der Waals surface area contributed by atoms with Gasteiger partial charge in [0.05, 0.1) is 16.6 Å². The number of nitrogens with zero attached hydrogens (tertiary/aromatic N) is 1. The number of halogens is 1. The van der Waals surface area contributed by atoms with E-state index in [1.165, 1.54) is 18.2 Å². The van der Waals surface area contributed by atoms with Crippen LogP contribution in [0.4, 0.5) is 5.69 Å². The second-order valence-corrected chi connectivity index (χ2v) is 5.28. The summed E-state index contributed by atoms with van der Waals surface area (Å²) in [7, 11) is 0. The molecule has 0 aromatic heterocycles. The third kappa shape index (κ3) is 2.38. The van der Waals surface area contributed by atoms with Crippen LogP contribution in [0.1, 0.15) is 17.9 Å². The van der Waals surface area contributed by atoms with Gasteiger partial charge in [0.15, 0.2) is 0 Å². The van der Waals surface area contributed by atoms with E-state index in [-0.39, 0.29) is 29.0 Å². The molecule has 1 fully saturated rings. The van der Waals surface area contributed by atoms with Gasteiger partial charge in [-0.25, -0.2) is 4.90 Å². The van der Waals surface area contributed by atoms with E-state index in [0.29, 0.717) is 5.69 Å². The van der Waals surface area contributed by atoms with Crippen molar-refractivity contribution in [3.05, 3.63) is 59.1 Å². The number of aromatic hydroxyl groups is 1. The number of carbonyl (C=O) groups excluding carboxylic acids is 2. The second-order valence-electron chi connectivity index (χ2n) is 4.87. The average molecular weight is 302 g/mol. The molecule has 1 aliphatic heterocycles. The Morgan fingerprint density at radius 2 is 1.81 bits per heavy atom. The Morgan fingerprint density at radius 3 is 2.48 bits per heavy atom. The van der Waals surface area contributed by atoms with E-state index in [1.807, 2.05) is 30.3 Å². The van der Waals surface area contributed by atoms with Crippen LogP contribution in [0.15, 0.2) is 48.5 Å². The van der Waals surface area contributed by atoms with E-state index in [2.05, 4.69) is 0 Å². The van der Waals surface area contributed by atoms with E-state index in [1.54, 1.807) is 0 Å². The zero-order chi connectivity index (χ0) is 15.0. The van der Waals surface area contributed by atoms with Crippen LogP contribution < -0.4 is 4.90 Å². The molecule has 2 amide bonds. The van der Waals surface area contributed by atoms with Gasteiger partial charge in [-0.05, 0) is 17.7 Å². The highest BCUT2D eigenvalue weighted by molar-refractivity contribution is 6.36. The molecule has 1 atom stereocenters. The third-order valence-corrected chi connectivity index (χ3v) is 3.82. The predicted octanol–water partition coefficient (Wildman–Crippen LogP) is 3.09. The van der Waals surface area contributed by atoms with E-state index >= 15 is 0 Å². The molecule has 3 rings (SSSR count). The maximum absolute atomic E-state index is 12.5. The van der Waals surface area contributed by atoms with Gasteiger partial charge < -0.3 is 5.11 Å². The summed E-state index contributed by atoms with van der Waals surface area (Å²) in [5.74, 6) is -1.08. The zero-order valence-corrected chi connectivity index (χ0v) is 11.7. The van der Waals surface area contributed by atoms with Crippen molar-refractivity contribution in [3.8, 4) is 5.75 Å². The fourth-order valence-corrected chi connectivity index (χ4v) is 2.77. The van der Waals surface area contributed by atoms with Gasteiger partial charge in [0.2, 0.25) is 11.8 Å². The van der Waals surface area contributed by atoms with Crippen LogP contribution in [-0.4, -0.2) is 16.9 Å². The minimum atomic E-state index is -0.483. The molecule has 0 radical (unpaired) electrons. The summed E-state index contributed by atoms with van der Waals surface area (Å²) in [6.07, 6.45) is 0.125. The highest BCUT2D eigenvalue weighted by Gasteiger charge is 2.41. The van der Waals surface area contributed by atoms with Gasteiger partial charge in [0, 0.05) is 12.5 Å². The molecule has 4 nitrogen and oxygen atoms in total. The summed E-state index contributed by atoms with van der Waals surface area (Å²) in [5, 5.41) is 9.54. The van der Waals surface area contributed by atoms with Crippen molar-refractivity contribution in [1.82, 2.24) is 0 Å². The lowest BCUT2D eigenvalue weighted by Crippen LogP contribution is -2.30. The van der Waals surface area contributed by atoms with Crippen LogP contribution in [0.3, 0.4) is 0 Å². The van der Waals surface area contributed by atoms with E-state index in [0.717, 1.165) is 10.5 Å². The first kappa shape index (κ1) is 13.6. The number of anilines is 1. The molecule has 0 bridgehead atoms. The Kier molecular flexibility index (Phi) is 3.39. The first-order valence-electron chi connectivity index (χ1n) is 6.48. The van der Waals surface area contributed by atoms with Crippen molar-refractivity contribution in [2.45, 2.75) is 12.3 Å². The molecule has 1 N–H and O–H groups in total. The second kappa shape index (κ2) is 5.22. The van der Waals surface area contributed by atoms with Crippen LogP contribution >= 0.6 is 11.6 Å². The van der Waals surface area contributed by atoms with Gasteiger partial charge in [-0.2, -0.15) is 0 Å². The summed E-state index contributed by atoms with van der Waals surface area (Å²) >= 11 is 6.03. The first-order valence-corrected chi connectivity index (χ1v) is 6.86. The van der Waals surface area contributed by atoms with Crippen LogP contribution in [-0.2, 0) is 9.59 Å². The van der Waals surface area contributed by atoms with Gasteiger partial charge in [0.25, 0.3) is 0 Å². The number of imide groups is 1. The molecule has 1 heterocycles. The van der Waals surface area contributed by atoms with Gasteiger partial charge in [-0.15, -0.1) is 0 Å². The lowest BCUT2D eigenvalue weighted by molar-refractivity contribution is -0.121. The summed E-state index contributed by atoms with van der Waals surface area (Å²) in [6, 6.07) is 13.4. The molecule has 2 aromatic rings. The molecular weight excluding hydrogens is 290 g/mol. The number of amides is 2. The van der Waals surface area contributed by atoms with Crippen molar-refractivity contribution >= 4 is 29.1 Å². The predicted molar refractivity (Wildman–Crippen MR) is 79.4 cm³/mol. The third-order valence-electron chi connectivity index (χ3n) is 3.52. The molecule has 5 heteroatoms. The molecule has 0 aliphatic carbocycles. The SMILES string of the molecule is O=C1CC(c2ccccc2)C(=O)N1c1ccc(O)cc1Cl. The molecule has 106 valence electrons. The Morgan fingerprint density at radius 1 is 1.10 bits per heavy atom. The normalized spacial score (nSPS) is 18.3. The summed E-state index contributed by atoms with van der Waals surface area (Å²) in [4.78, 5) is 25.8. The average Bonchev–Trinajstić information content (AvgIpc) is 2.76. The number of rotatable bonds is 2. The van der Waals surface area contributed by atoms with Crippen LogP contribution in [0.2, 0.25) is 5.02 Å². The number of hydrogen-bond donors (Lipinski definition) is 1. The topological polar surface area (TPSA) is 57.6 Å². The lowest BCUT2D eigenvalue weighted by atomic mass is 9.98. The first-order chi connectivity index (χ1) is 10.1. The molecule has 1 saturated heterocycles. The molecule has 0 saturated carbocycles. The Balaban J connectivity index is 1.98.